The lowest BCUT2D eigenvalue weighted by Gasteiger charge is -1.97. The van der Waals surface area contributed by atoms with Crippen LogP contribution >= 0.6 is 11.3 Å². The third kappa shape index (κ3) is 2.29. The number of fused-ring (bicyclic) bond motifs is 1. The Labute approximate surface area is 102 Å². The highest BCUT2D eigenvalue weighted by Gasteiger charge is 2.03. The standard InChI is InChI=1S/C12H11N3OS/c1-2-4-10-9(3-1)15-12(16-10)14-6-5-11-13-7-8-17-11/h1-4,7-8H,5-6H2,(H,14,15). The summed E-state index contributed by atoms with van der Waals surface area (Å²) >= 11 is 1.66. The van der Waals surface area contributed by atoms with Crippen LogP contribution < -0.4 is 5.32 Å². The first-order chi connectivity index (χ1) is 8.42. The Morgan fingerprint density at radius 3 is 3.06 bits per heavy atom. The fourth-order valence-corrected chi connectivity index (χ4v) is 2.22. The molecule has 0 unspecified atom stereocenters. The predicted molar refractivity (Wildman–Crippen MR) is 68.3 cm³/mol. The monoisotopic (exact) mass is 245 g/mol. The number of nitrogens with zero attached hydrogens (tertiary/aromatic N) is 2. The summed E-state index contributed by atoms with van der Waals surface area (Å²) in [5.74, 6) is 0. The van der Waals surface area contributed by atoms with Crippen LogP contribution in [0.3, 0.4) is 0 Å². The van der Waals surface area contributed by atoms with Crippen molar-refractivity contribution >= 4 is 28.5 Å². The lowest BCUT2D eigenvalue weighted by molar-refractivity contribution is 0.614. The molecule has 1 aromatic carbocycles. The molecule has 3 rings (SSSR count). The Hall–Kier alpha value is -1.88. The molecule has 0 aliphatic rings. The van der Waals surface area contributed by atoms with Gasteiger partial charge in [-0.25, -0.2) is 4.98 Å². The lowest BCUT2D eigenvalue weighted by atomic mass is 10.3. The van der Waals surface area contributed by atoms with Gasteiger partial charge in [0, 0.05) is 24.5 Å². The first kappa shape index (κ1) is 10.3. The highest BCUT2D eigenvalue weighted by molar-refractivity contribution is 7.09. The maximum atomic E-state index is 5.55. The van der Waals surface area contributed by atoms with Crippen LogP contribution in [-0.2, 0) is 6.42 Å². The van der Waals surface area contributed by atoms with E-state index >= 15 is 0 Å². The second-order valence-electron chi connectivity index (χ2n) is 3.59. The maximum Gasteiger partial charge on any atom is 0.295 e. The van der Waals surface area contributed by atoms with E-state index in [4.69, 9.17) is 4.42 Å². The number of thiazole rings is 1. The molecule has 2 aromatic heterocycles. The molecule has 0 radical (unpaired) electrons. The molecule has 17 heavy (non-hydrogen) atoms. The third-order valence-corrected chi connectivity index (χ3v) is 3.23. The molecule has 3 aromatic rings. The normalized spacial score (nSPS) is 10.8. The van der Waals surface area contributed by atoms with Crippen molar-refractivity contribution in [3.05, 3.63) is 40.8 Å². The summed E-state index contributed by atoms with van der Waals surface area (Å²) < 4.78 is 5.55. The predicted octanol–water partition coefficient (Wildman–Crippen LogP) is 2.94. The summed E-state index contributed by atoms with van der Waals surface area (Å²) in [5.41, 5.74) is 1.69. The molecule has 0 saturated carbocycles. The minimum absolute atomic E-state index is 0.572. The Bertz CT molecular complexity index is 570. The number of rotatable bonds is 4. The molecule has 4 nitrogen and oxygen atoms in total. The number of anilines is 1. The van der Waals surface area contributed by atoms with Gasteiger partial charge in [0.05, 0.1) is 5.01 Å². The first-order valence-corrected chi connectivity index (χ1v) is 6.27. The summed E-state index contributed by atoms with van der Waals surface area (Å²) in [5, 5.41) is 6.26. The summed E-state index contributed by atoms with van der Waals surface area (Å²) in [4.78, 5) is 8.55. The molecule has 0 aliphatic heterocycles. The summed E-state index contributed by atoms with van der Waals surface area (Å²) in [6.45, 7) is 0.778. The van der Waals surface area contributed by atoms with E-state index in [9.17, 15) is 0 Å². The van der Waals surface area contributed by atoms with Crippen LogP contribution in [0.15, 0.2) is 40.3 Å². The molecular formula is C12H11N3OS. The van der Waals surface area contributed by atoms with Crippen LogP contribution in [0.25, 0.3) is 11.1 Å². The lowest BCUT2D eigenvalue weighted by Crippen LogP contribution is -2.04. The third-order valence-electron chi connectivity index (χ3n) is 2.39. The second-order valence-corrected chi connectivity index (χ2v) is 4.57. The molecular weight excluding hydrogens is 234 g/mol. The second kappa shape index (κ2) is 4.55. The van der Waals surface area contributed by atoms with Gasteiger partial charge in [-0.15, -0.1) is 11.3 Å². The summed E-state index contributed by atoms with van der Waals surface area (Å²) in [6, 6.07) is 8.30. The number of nitrogens with one attached hydrogen (secondary N) is 1. The van der Waals surface area contributed by atoms with Gasteiger partial charge < -0.3 is 9.73 Å². The number of oxazole rings is 1. The van der Waals surface area contributed by atoms with Gasteiger partial charge in [-0.2, -0.15) is 4.98 Å². The van der Waals surface area contributed by atoms with Crippen LogP contribution in [0.1, 0.15) is 5.01 Å². The molecule has 0 atom stereocenters. The average Bonchev–Trinajstić information content (AvgIpc) is 2.96. The number of aromatic nitrogens is 2. The molecule has 2 heterocycles. The fourth-order valence-electron chi connectivity index (χ4n) is 1.60. The molecule has 0 saturated heterocycles. The maximum absolute atomic E-state index is 5.55. The van der Waals surface area contributed by atoms with Crippen molar-refractivity contribution in [2.45, 2.75) is 6.42 Å². The van der Waals surface area contributed by atoms with E-state index in [1.54, 1.807) is 11.3 Å². The summed E-state index contributed by atoms with van der Waals surface area (Å²) in [6.07, 6.45) is 2.70. The molecule has 86 valence electrons. The highest BCUT2D eigenvalue weighted by atomic mass is 32.1. The molecule has 0 amide bonds. The minimum Gasteiger partial charge on any atom is -0.424 e. The number of hydrogen-bond donors (Lipinski definition) is 1. The first-order valence-electron chi connectivity index (χ1n) is 5.39. The molecule has 0 fully saturated rings. The van der Waals surface area contributed by atoms with Crippen LogP contribution in [0, 0.1) is 0 Å². The topological polar surface area (TPSA) is 51.0 Å². The SMILES string of the molecule is c1ccc2oc(NCCc3nccs3)nc2c1. The average molecular weight is 245 g/mol. The Morgan fingerprint density at radius 1 is 1.29 bits per heavy atom. The minimum atomic E-state index is 0.572. The largest absolute Gasteiger partial charge is 0.424 e. The quantitative estimate of drug-likeness (QED) is 0.767. The van der Waals surface area contributed by atoms with Crippen molar-refractivity contribution in [2.75, 3.05) is 11.9 Å². The van der Waals surface area contributed by atoms with Crippen molar-refractivity contribution in [3.8, 4) is 0 Å². The molecule has 1 N–H and O–H groups in total. The van der Waals surface area contributed by atoms with E-state index in [1.807, 2.05) is 35.8 Å². The van der Waals surface area contributed by atoms with Gasteiger partial charge in [0.25, 0.3) is 6.01 Å². The van der Waals surface area contributed by atoms with E-state index in [0.717, 1.165) is 29.1 Å². The van der Waals surface area contributed by atoms with Gasteiger partial charge >= 0.3 is 0 Å². The Balaban J connectivity index is 1.65. The van der Waals surface area contributed by atoms with Crippen molar-refractivity contribution in [1.29, 1.82) is 0 Å². The molecule has 5 heteroatoms. The van der Waals surface area contributed by atoms with Gasteiger partial charge in [0.1, 0.15) is 5.52 Å². The Morgan fingerprint density at radius 2 is 2.24 bits per heavy atom. The van der Waals surface area contributed by atoms with E-state index in [0.29, 0.717) is 6.01 Å². The zero-order valence-electron chi connectivity index (χ0n) is 9.09. The van der Waals surface area contributed by atoms with Crippen LogP contribution in [0.2, 0.25) is 0 Å². The van der Waals surface area contributed by atoms with Gasteiger partial charge in [-0.05, 0) is 12.1 Å². The zero-order chi connectivity index (χ0) is 11.5. The van der Waals surface area contributed by atoms with Crippen LogP contribution in [0.4, 0.5) is 6.01 Å². The summed E-state index contributed by atoms with van der Waals surface area (Å²) in [7, 11) is 0. The van der Waals surface area contributed by atoms with Crippen molar-refractivity contribution in [1.82, 2.24) is 9.97 Å². The van der Waals surface area contributed by atoms with Crippen LogP contribution in [-0.4, -0.2) is 16.5 Å². The smallest absolute Gasteiger partial charge is 0.295 e. The molecule has 0 bridgehead atoms. The van der Waals surface area contributed by atoms with E-state index < -0.39 is 0 Å². The van der Waals surface area contributed by atoms with Crippen LogP contribution in [0.5, 0.6) is 0 Å². The molecule has 0 spiro atoms. The number of hydrogen-bond acceptors (Lipinski definition) is 5. The van der Waals surface area contributed by atoms with E-state index in [1.165, 1.54) is 0 Å². The zero-order valence-corrected chi connectivity index (χ0v) is 9.91. The van der Waals surface area contributed by atoms with Crippen molar-refractivity contribution < 1.29 is 4.42 Å². The highest BCUT2D eigenvalue weighted by Crippen LogP contribution is 2.17. The van der Waals surface area contributed by atoms with Crippen molar-refractivity contribution in [2.24, 2.45) is 0 Å². The fraction of sp³-hybridized carbons (Fsp3) is 0.167. The van der Waals surface area contributed by atoms with Gasteiger partial charge in [0.2, 0.25) is 0 Å². The molecule has 0 aliphatic carbocycles. The van der Waals surface area contributed by atoms with Gasteiger partial charge in [0.15, 0.2) is 5.58 Å². The van der Waals surface area contributed by atoms with Gasteiger partial charge in [-0.3, -0.25) is 0 Å². The number of para-hydroxylation sites is 2. The van der Waals surface area contributed by atoms with Crippen molar-refractivity contribution in [3.63, 3.8) is 0 Å². The Kier molecular flexibility index (Phi) is 2.75. The van der Waals surface area contributed by atoms with E-state index in [2.05, 4.69) is 15.3 Å². The van der Waals surface area contributed by atoms with E-state index in [-0.39, 0.29) is 0 Å². The van der Waals surface area contributed by atoms with Gasteiger partial charge in [-0.1, -0.05) is 12.1 Å². The number of benzene rings is 1.